The van der Waals surface area contributed by atoms with Crippen LogP contribution in [0.3, 0.4) is 0 Å². The van der Waals surface area contributed by atoms with Crippen LogP contribution in [0.2, 0.25) is 0 Å². The third-order valence-electron chi connectivity index (χ3n) is 16.3. The fourth-order valence-electron chi connectivity index (χ4n) is 12.4. The largest absolute Gasteiger partial charge is 1.00 e. The van der Waals surface area contributed by atoms with Gasteiger partial charge < -0.3 is 30.7 Å². The Balaban J connectivity index is 0.000000231. The molecule has 4 atom stereocenters. The van der Waals surface area contributed by atoms with Gasteiger partial charge in [-0.1, -0.05) is 132 Å². The Morgan fingerprint density at radius 1 is 0.470 bits per heavy atom. The van der Waals surface area contributed by atoms with Gasteiger partial charge in [0.05, 0.1) is 0 Å². The van der Waals surface area contributed by atoms with E-state index in [0.29, 0.717) is 57.3 Å². The molecule has 8 aliphatic rings. The number of Topliss-reactive ketones (excluding diaryl/α,β-unsaturated/α-hetero) is 2. The number of hydrogen-bond acceptors (Lipinski definition) is 9. The summed E-state index contributed by atoms with van der Waals surface area (Å²) in [6.07, 6.45) is 4.15. The van der Waals surface area contributed by atoms with E-state index in [-0.39, 0.29) is 141 Å². The molecule has 450 valence electrons. The van der Waals surface area contributed by atoms with Gasteiger partial charge in [0.2, 0.25) is 5.97 Å². The zero-order valence-corrected chi connectivity index (χ0v) is 58.4. The number of carbonyl (C=O) groups excluding carboxylic acids is 4. The van der Waals surface area contributed by atoms with Crippen LogP contribution in [0.5, 0.6) is 0 Å². The maximum absolute atomic E-state index is 12.9. The number of benzene rings is 4. The summed E-state index contributed by atoms with van der Waals surface area (Å²) in [5.41, 5.74) is 5.05. The zero-order valence-electron chi connectivity index (χ0n) is 50.5. The Morgan fingerprint density at radius 3 is 0.904 bits per heavy atom. The summed E-state index contributed by atoms with van der Waals surface area (Å²) >= 11 is -0.141. The molecular weight excluding hydrogens is 1350 g/mol. The number of rotatable bonds is 8. The summed E-state index contributed by atoms with van der Waals surface area (Å²) in [5.74, 6) is -5.49. The minimum absolute atomic E-state index is 0. The normalized spacial score (nSPS) is 24.5. The van der Waals surface area contributed by atoms with E-state index in [1.54, 1.807) is 0 Å². The molecule has 9 nitrogen and oxygen atoms in total. The van der Waals surface area contributed by atoms with Crippen molar-refractivity contribution in [1.29, 1.82) is 0 Å². The van der Waals surface area contributed by atoms with Gasteiger partial charge in [-0.25, -0.2) is 4.79 Å². The van der Waals surface area contributed by atoms with Crippen LogP contribution in [-0.4, -0.2) is 53.3 Å². The van der Waals surface area contributed by atoms with Crippen molar-refractivity contribution in [2.45, 2.75) is 193 Å². The van der Waals surface area contributed by atoms with Gasteiger partial charge in [0.1, 0.15) is 22.8 Å². The van der Waals surface area contributed by atoms with Crippen LogP contribution in [0, 0.1) is 56.2 Å². The third-order valence-corrected chi connectivity index (χ3v) is 21.7. The van der Waals surface area contributed by atoms with Crippen LogP contribution in [-0.2, 0) is 60.9 Å². The summed E-state index contributed by atoms with van der Waals surface area (Å²) in [4.78, 5) is 46.1. The molecule has 4 aromatic rings. The van der Waals surface area contributed by atoms with E-state index in [0.717, 1.165) is 25.7 Å². The average molecular weight is 1430 g/mol. The van der Waals surface area contributed by atoms with E-state index in [4.69, 9.17) is 22.1 Å². The van der Waals surface area contributed by atoms with Gasteiger partial charge in [-0.05, 0) is 168 Å². The maximum Gasteiger partial charge on any atom is 1.00 e. The summed E-state index contributed by atoms with van der Waals surface area (Å²) in [6.45, 7) is 27.8. The Labute approximate surface area is 540 Å². The first-order chi connectivity index (χ1) is 37.3. The van der Waals surface area contributed by atoms with Gasteiger partial charge in [-0.3, -0.25) is 14.4 Å². The van der Waals surface area contributed by atoms with Crippen molar-refractivity contribution in [3.8, 4) is 0 Å². The Bertz CT molecular complexity index is 2700. The number of ether oxygens (including phenoxy) is 2. The Hall–Kier alpha value is -2.88. The van der Waals surface area contributed by atoms with Crippen molar-refractivity contribution in [2.24, 2.45) is 35.5 Å². The quantitative estimate of drug-likeness (QED) is 0.0857. The summed E-state index contributed by atoms with van der Waals surface area (Å²) in [6, 6.07) is 36.8. The van der Waals surface area contributed by atoms with Crippen LogP contribution < -0.4 is 84.4 Å². The number of halogens is 7. The molecule has 4 unspecified atom stereocenters. The molecule has 8 fully saturated rings. The third kappa shape index (κ3) is 20.6. The van der Waals surface area contributed by atoms with Crippen LogP contribution in [0.1, 0.15) is 176 Å². The minimum Gasteiger partial charge on any atom is -1.00 e. The molecule has 0 radical (unpaired) electrons. The second-order valence-corrected chi connectivity index (χ2v) is 33.7. The fourth-order valence-corrected chi connectivity index (χ4v) is 16.7. The van der Waals surface area contributed by atoms with E-state index in [1.165, 1.54) is 36.5 Å². The molecule has 83 heavy (non-hydrogen) atoms. The molecule has 0 amide bonds. The van der Waals surface area contributed by atoms with Crippen LogP contribution in [0.25, 0.3) is 0 Å². The van der Waals surface area contributed by atoms with Crippen molar-refractivity contribution < 1.29 is 143 Å². The van der Waals surface area contributed by atoms with Crippen molar-refractivity contribution in [2.75, 3.05) is 0 Å². The second-order valence-electron chi connectivity index (χ2n) is 27.2. The summed E-state index contributed by atoms with van der Waals surface area (Å²) in [5, 5.41) is 0. The Kier molecular flexibility index (Phi) is 25.3. The van der Waals surface area contributed by atoms with Gasteiger partial charge in [0, 0.05) is 37.0 Å². The molecular formula is C65H81ClF4I2NaO9S+. The molecule has 0 spiro atoms. The van der Waals surface area contributed by atoms with Crippen molar-refractivity contribution >= 4 is 34.1 Å². The average Bonchev–Trinajstić information content (AvgIpc) is 2.48. The molecule has 8 bridgehead atoms. The number of ketones is 2. The first-order valence-corrected chi connectivity index (χ1v) is 33.2. The van der Waals surface area contributed by atoms with E-state index in [2.05, 4.69) is 180 Å². The van der Waals surface area contributed by atoms with E-state index >= 15 is 0 Å². The van der Waals surface area contributed by atoms with Gasteiger partial charge in [-0.2, -0.15) is 8.78 Å². The standard InChI is InChI=1S/2C20H26I.C13H16F2O3.C12H13F2O3.ClH.Na.O3S/c2*1-19(2,3)15-7-11-17(12-8-15)21-18-13-9-16(10-14-18)20(4,5)6;1-12(14,15)11(17)18-13-4-7-2-8(5-13)10(16)9(3-7)6-13;13-10(14)11(16)17-12-3-6-1-7(4-12)9(15)8(2-6)5-12;;;1-4(2)3/h2*7-14H,1-6H3;7-9H,2-6H2,1H3;6-8H,1-5H2;1H;;/q2*+1;;-1;;+1;/p-1. The van der Waals surface area contributed by atoms with Crippen LogP contribution in [0.15, 0.2) is 97.1 Å². The van der Waals surface area contributed by atoms with Gasteiger partial charge in [-0.15, -0.1) is 12.6 Å². The van der Waals surface area contributed by atoms with E-state index in [9.17, 15) is 36.7 Å². The van der Waals surface area contributed by atoms with Gasteiger partial charge in [0.25, 0.3) is 0 Å². The number of esters is 2. The molecule has 18 heteroatoms. The maximum atomic E-state index is 12.9. The predicted molar refractivity (Wildman–Crippen MR) is 296 cm³/mol. The zero-order chi connectivity index (χ0) is 60.3. The molecule has 8 saturated carbocycles. The number of carbonyl (C=O) groups is 4. The predicted octanol–water partition coefficient (Wildman–Crippen LogP) is 2.26. The minimum atomic E-state index is -3.45. The number of hydrogen-bond donors (Lipinski definition) is 0. The molecule has 0 N–H and O–H groups in total. The molecule has 0 saturated heterocycles. The summed E-state index contributed by atoms with van der Waals surface area (Å²) < 4.78 is 91.6. The van der Waals surface area contributed by atoms with Crippen LogP contribution >= 0.6 is 0 Å². The molecule has 0 aromatic heterocycles. The molecule has 0 aliphatic heterocycles. The monoisotopic (exact) mass is 1430 g/mol. The SMILES string of the molecule is CC(C)(C)c1ccc([I+]c2ccc(C(C)(C)C)cc2)cc1.CC(C)(C)c1ccc([I+]c2ccc(C(C)(C)C)cc2)cc1.CC(F)(F)C(=O)OC12CC3CC(C1)C(=O)C(C3)C2.O=C(OC12CC3CC(C1)C(=O)C(C3)C2)[C-](F)F.O=S(=O)=O.[Cl-].[Na+]. The summed E-state index contributed by atoms with van der Waals surface area (Å²) in [7, 11) is -3.11. The van der Waals surface area contributed by atoms with Gasteiger partial charge >= 0.3 is 94.5 Å². The first-order valence-electron chi connectivity index (χ1n) is 27.9. The van der Waals surface area contributed by atoms with Gasteiger partial charge in [0.15, 0.2) is 14.3 Å². The topological polar surface area (TPSA) is 138 Å². The van der Waals surface area contributed by atoms with Crippen molar-refractivity contribution in [1.82, 2.24) is 0 Å². The van der Waals surface area contributed by atoms with E-state index in [1.807, 2.05) is 0 Å². The molecule has 4 aromatic carbocycles. The van der Waals surface area contributed by atoms with Crippen molar-refractivity contribution in [3.63, 3.8) is 0 Å². The first kappa shape index (κ1) is 72.6. The molecule has 12 rings (SSSR count). The smallest absolute Gasteiger partial charge is 1.00 e. The van der Waals surface area contributed by atoms with Crippen molar-refractivity contribution in [3.05, 3.63) is 140 Å². The number of alkyl halides is 2. The van der Waals surface area contributed by atoms with Crippen LogP contribution in [0.4, 0.5) is 17.6 Å². The second kappa shape index (κ2) is 29.0. The van der Waals surface area contributed by atoms with E-state index < -0.39 is 46.1 Å². The Morgan fingerprint density at radius 2 is 0.699 bits per heavy atom. The molecule has 8 aliphatic carbocycles. The molecule has 0 heterocycles. The fraction of sp³-hybridized carbons (Fsp3) is 0.554.